The van der Waals surface area contributed by atoms with Crippen LogP contribution in [0.25, 0.3) is 0 Å². The summed E-state index contributed by atoms with van der Waals surface area (Å²) in [6.45, 7) is 4.31. The second kappa shape index (κ2) is 5.09. The average Bonchev–Trinajstić information content (AvgIpc) is 2.76. The third kappa shape index (κ3) is 2.46. The maximum atomic E-state index is 12.8. The lowest BCUT2D eigenvalue weighted by Gasteiger charge is -2.28. The standard InChI is InChI=1S/C17H22O2/c1-11(2)15-5-3-4-6-16(15)17(18)12-9-13-7-8-14(10-12)19-13/h3-6,11-14H,7-10H2,1-2H3. The van der Waals surface area contributed by atoms with Gasteiger partial charge in [0.2, 0.25) is 0 Å². The van der Waals surface area contributed by atoms with Crippen molar-refractivity contribution in [2.45, 2.75) is 57.7 Å². The highest BCUT2D eigenvalue weighted by Gasteiger charge is 2.38. The molecule has 2 heteroatoms. The first kappa shape index (κ1) is 12.9. The van der Waals surface area contributed by atoms with E-state index in [1.54, 1.807) is 0 Å². The molecule has 0 amide bonds. The van der Waals surface area contributed by atoms with Crippen LogP contribution in [0.15, 0.2) is 24.3 Å². The monoisotopic (exact) mass is 258 g/mol. The van der Waals surface area contributed by atoms with Crippen LogP contribution in [0.3, 0.4) is 0 Å². The van der Waals surface area contributed by atoms with E-state index in [9.17, 15) is 4.79 Å². The largest absolute Gasteiger partial charge is 0.375 e. The summed E-state index contributed by atoms with van der Waals surface area (Å²) in [7, 11) is 0. The van der Waals surface area contributed by atoms with Gasteiger partial charge in [-0.25, -0.2) is 0 Å². The van der Waals surface area contributed by atoms with Crippen molar-refractivity contribution in [3.63, 3.8) is 0 Å². The van der Waals surface area contributed by atoms with Crippen molar-refractivity contribution in [3.8, 4) is 0 Å². The summed E-state index contributed by atoms with van der Waals surface area (Å²) in [6, 6.07) is 8.09. The van der Waals surface area contributed by atoms with Gasteiger partial charge in [-0.1, -0.05) is 38.1 Å². The maximum Gasteiger partial charge on any atom is 0.166 e. The fourth-order valence-electron chi connectivity index (χ4n) is 3.52. The fourth-order valence-corrected chi connectivity index (χ4v) is 3.52. The number of hydrogen-bond donors (Lipinski definition) is 0. The summed E-state index contributed by atoms with van der Waals surface area (Å²) in [5, 5.41) is 0. The lowest BCUT2D eigenvalue weighted by molar-refractivity contribution is -0.0149. The smallest absolute Gasteiger partial charge is 0.166 e. The van der Waals surface area contributed by atoms with Gasteiger partial charge in [0.15, 0.2) is 5.78 Å². The minimum absolute atomic E-state index is 0.172. The highest BCUT2D eigenvalue weighted by Crippen LogP contribution is 2.38. The van der Waals surface area contributed by atoms with Gasteiger partial charge < -0.3 is 4.74 Å². The fraction of sp³-hybridized carbons (Fsp3) is 0.588. The summed E-state index contributed by atoms with van der Waals surface area (Å²) in [5.74, 6) is 0.910. The van der Waals surface area contributed by atoms with Crippen LogP contribution in [0.4, 0.5) is 0 Å². The van der Waals surface area contributed by atoms with Crippen LogP contribution in [0.1, 0.15) is 61.4 Å². The zero-order valence-electron chi connectivity index (χ0n) is 11.8. The SMILES string of the molecule is CC(C)c1ccccc1C(=O)C1CC2CCC(C1)O2. The Hall–Kier alpha value is -1.15. The van der Waals surface area contributed by atoms with E-state index in [1.165, 1.54) is 5.56 Å². The van der Waals surface area contributed by atoms with Gasteiger partial charge in [0, 0.05) is 11.5 Å². The Morgan fingerprint density at radius 2 is 1.79 bits per heavy atom. The van der Waals surface area contributed by atoms with Crippen LogP contribution in [0.2, 0.25) is 0 Å². The first-order valence-electron chi connectivity index (χ1n) is 7.43. The van der Waals surface area contributed by atoms with Crippen molar-refractivity contribution in [2.75, 3.05) is 0 Å². The predicted octanol–water partition coefficient (Wildman–Crippen LogP) is 3.95. The summed E-state index contributed by atoms with van der Waals surface area (Å²) >= 11 is 0. The van der Waals surface area contributed by atoms with Gasteiger partial charge in [-0.15, -0.1) is 0 Å². The molecule has 0 N–H and O–H groups in total. The highest BCUT2D eigenvalue weighted by atomic mass is 16.5. The molecule has 2 nitrogen and oxygen atoms in total. The summed E-state index contributed by atoms with van der Waals surface area (Å²) in [5.41, 5.74) is 2.12. The number of ketones is 1. The predicted molar refractivity (Wildman–Crippen MR) is 75.5 cm³/mol. The molecule has 1 aromatic carbocycles. The van der Waals surface area contributed by atoms with Gasteiger partial charge in [0.05, 0.1) is 12.2 Å². The molecule has 19 heavy (non-hydrogen) atoms. The molecule has 0 radical (unpaired) electrons. The molecular formula is C17H22O2. The third-order valence-electron chi connectivity index (χ3n) is 4.51. The zero-order chi connectivity index (χ0) is 13.4. The van der Waals surface area contributed by atoms with E-state index in [1.807, 2.05) is 18.2 Å². The Bertz CT molecular complexity index is 466. The summed E-state index contributed by atoms with van der Waals surface area (Å²) in [6.07, 6.45) is 4.78. The van der Waals surface area contributed by atoms with Gasteiger partial charge in [-0.05, 0) is 37.2 Å². The molecule has 2 atom stereocenters. The quantitative estimate of drug-likeness (QED) is 0.767. The Kier molecular flexibility index (Phi) is 3.44. The molecule has 2 unspecified atom stereocenters. The third-order valence-corrected chi connectivity index (χ3v) is 4.51. The molecule has 1 aromatic rings. The topological polar surface area (TPSA) is 26.3 Å². The molecule has 0 saturated carbocycles. The second-order valence-electron chi connectivity index (χ2n) is 6.23. The highest BCUT2D eigenvalue weighted by molar-refractivity contribution is 5.99. The van der Waals surface area contributed by atoms with E-state index in [0.29, 0.717) is 23.9 Å². The van der Waals surface area contributed by atoms with Gasteiger partial charge in [0.25, 0.3) is 0 Å². The van der Waals surface area contributed by atoms with Crippen molar-refractivity contribution in [1.29, 1.82) is 0 Å². The second-order valence-corrected chi connectivity index (χ2v) is 6.23. The zero-order valence-corrected chi connectivity index (χ0v) is 11.8. The number of carbonyl (C=O) groups excluding carboxylic acids is 1. The molecule has 3 rings (SSSR count). The van der Waals surface area contributed by atoms with E-state index in [0.717, 1.165) is 31.2 Å². The Labute approximate surface area is 115 Å². The van der Waals surface area contributed by atoms with E-state index >= 15 is 0 Å². The Morgan fingerprint density at radius 1 is 1.16 bits per heavy atom. The minimum atomic E-state index is 0.172. The number of Topliss-reactive ketones (excluding diaryl/α,β-unsaturated/α-hetero) is 1. The number of carbonyl (C=O) groups is 1. The number of benzene rings is 1. The van der Waals surface area contributed by atoms with Crippen molar-refractivity contribution in [2.24, 2.45) is 5.92 Å². The Morgan fingerprint density at radius 3 is 2.42 bits per heavy atom. The number of ether oxygens (including phenoxy) is 1. The molecule has 2 aliphatic heterocycles. The first-order chi connectivity index (χ1) is 9.15. The van der Waals surface area contributed by atoms with E-state index < -0.39 is 0 Å². The lowest BCUT2D eigenvalue weighted by Crippen LogP contribution is -2.30. The van der Waals surface area contributed by atoms with Crippen molar-refractivity contribution in [1.82, 2.24) is 0 Å². The lowest BCUT2D eigenvalue weighted by atomic mass is 9.84. The molecule has 2 saturated heterocycles. The molecule has 2 bridgehead atoms. The van der Waals surface area contributed by atoms with Crippen LogP contribution in [0, 0.1) is 5.92 Å². The van der Waals surface area contributed by atoms with Gasteiger partial charge in [-0.3, -0.25) is 4.79 Å². The normalized spacial score (nSPS) is 29.7. The molecule has 0 aliphatic carbocycles. The van der Waals surface area contributed by atoms with Crippen molar-refractivity contribution in [3.05, 3.63) is 35.4 Å². The molecular weight excluding hydrogens is 236 g/mol. The van der Waals surface area contributed by atoms with E-state index in [2.05, 4.69) is 19.9 Å². The molecule has 2 aliphatic rings. The number of hydrogen-bond acceptors (Lipinski definition) is 2. The first-order valence-corrected chi connectivity index (χ1v) is 7.43. The van der Waals surface area contributed by atoms with Crippen molar-refractivity contribution < 1.29 is 9.53 Å². The summed E-state index contributed by atoms with van der Waals surface area (Å²) in [4.78, 5) is 12.8. The molecule has 102 valence electrons. The van der Waals surface area contributed by atoms with Crippen LogP contribution < -0.4 is 0 Å². The van der Waals surface area contributed by atoms with Crippen LogP contribution in [-0.2, 0) is 4.74 Å². The van der Waals surface area contributed by atoms with Crippen LogP contribution >= 0.6 is 0 Å². The summed E-state index contributed by atoms with van der Waals surface area (Å²) < 4.78 is 5.84. The van der Waals surface area contributed by atoms with E-state index in [4.69, 9.17) is 4.74 Å². The van der Waals surface area contributed by atoms with E-state index in [-0.39, 0.29) is 5.92 Å². The minimum Gasteiger partial charge on any atom is -0.375 e. The van der Waals surface area contributed by atoms with Crippen LogP contribution in [-0.4, -0.2) is 18.0 Å². The van der Waals surface area contributed by atoms with Crippen molar-refractivity contribution >= 4 is 5.78 Å². The Balaban J connectivity index is 1.84. The van der Waals surface area contributed by atoms with Crippen LogP contribution in [0.5, 0.6) is 0 Å². The van der Waals surface area contributed by atoms with Gasteiger partial charge in [-0.2, -0.15) is 0 Å². The average molecular weight is 258 g/mol. The van der Waals surface area contributed by atoms with Gasteiger partial charge in [0.1, 0.15) is 0 Å². The number of rotatable bonds is 3. The maximum absolute atomic E-state index is 12.8. The molecule has 2 fully saturated rings. The molecule has 0 aromatic heterocycles. The number of fused-ring (bicyclic) bond motifs is 2. The molecule has 0 spiro atoms. The molecule has 2 heterocycles. The van der Waals surface area contributed by atoms with Gasteiger partial charge >= 0.3 is 0 Å².